The Kier molecular flexibility index (Phi) is 8.26. The molecule has 270 valence electrons. The van der Waals surface area contributed by atoms with Crippen LogP contribution in [0.15, 0.2) is 231 Å². The highest BCUT2D eigenvalue weighted by Crippen LogP contribution is 2.47. The molecule has 11 aromatic rings. The molecule has 0 atom stereocenters. The van der Waals surface area contributed by atoms with E-state index in [0.717, 1.165) is 0 Å². The summed E-state index contributed by atoms with van der Waals surface area (Å²) in [5.74, 6) is 0. The van der Waals surface area contributed by atoms with Gasteiger partial charge in [-0.2, -0.15) is 0 Å². The molecule has 0 heterocycles. The second-order valence-electron chi connectivity index (χ2n) is 15.1. The molecule has 0 aliphatic rings. The first-order valence-electron chi connectivity index (χ1n) is 20.1. The standard InChI is InChI=1S/C58H38/c1-3-16-39(17-4-1)40-30-32-42(33-31-40)46-23-9-10-24-47(46)51-37-36-49(48-29-15-21-41-18-7-8-22-45(41)48)50-35-34-44(38-56(50)51)58-54-27-13-11-25-52(54)57(43-19-5-2-6-20-43)53-26-12-14-28-55(53)58/h1-38H. The first kappa shape index (κ1) is 33.8. The van der Waals surface area contributed by atoms with Gasteiger partial charge in [0.2, 0.25) is 0 Å². The summed E-state index contributed by atoms with van der Waals surface area (Å²) in [5.41, 5.74) is 14.8. The molecule has 0 aliphatic carbocycles. The molecule has 0 heteroatoms. The van der Waals surface area contributed by atoms with Crippen LogP contribution in [0, 0.1) is 0 Å². The zero-order chi connectivity index (χ0) is 38.4. The van der Waals surface area contributed by atoms with Crippen LogP contribution in [0.1, 0.15) is 0 Å². The summed E-state index contributed by atoms with van der Waals surface area (Å²) in [6.07, 6.45) is 0. The molecule has 0 saturated heterocycles. The van der Waals surface area contributed by atoms with Crippen molar-refractivity contribution in [3.8, 4) is 66.8 Å². The Balaban J connectivity index is 1.18. The molecular weight excluding hydrogens is 697 g/mol. The third kappa shape index (κ3) is 5.69. The molecule has 0 amide bonds. The molecular formula is C58H38. The lowest BCUT2D eigenvalue weighted by molar-refractivity contribution is 1.58. The van der Waals surface area contributed by atoms with Gasteiger partial charge < -0.3 is 0 Å². The van der Waals surface area contributed by atoms with Crippen molar-refractivity contribution in [3.05, 3.63) is 231 Å². The molecule has 0 saturated carbocycles. The van der Waals surface area contributed by atoms with E-state index in [9.17, 15) is 0 Å². The summed E-state index contributed by atoms with van der Waals surface area (Å²) in [6.45, 7) is 0. The molecule has 0 aliphatic heterocycles. The normalized spacial score (nSPS) is 11.4. The number of hydrogen-bond acceptors (Lipinski definition) is 0. The van der Waals surface area contributed by atoms with E-state index in [4.69, 9.17) is 0 Å². The van der Waals surface area contributed by atoms with Gasteiger partial charge in [-0.15, -0.1) is 0 Å². The molecule has 0 nitrogen and oxygen atoms in total. The minimum atomic E-state index is 1.20. The Morgan fingerprint density at radius 2 is 0.586 bits per heavy atom. The molecule has 0 N–H and O–H groups in total. The van der Waals surface area contributed by atoms with Gasteiger partial charge in [-0.3, -0.25) is 0 Å². The molecule has 0 aromatic heterocycles. The van der Waals surface area contributed by atoms with Gasteiger partial charge in [0, 0.05) is 0 Å². The molecule has 58 heavy (non-hydrogen) atoms. The molecule has 11 aromatic carbocycles. The van der Waals surface area contributed by atoms with E-state index in [2.05, 4.69) is 231 Å². The fourth-order valence-corrected chi connectivity index (χ4v) is 9.23. The van der Waals surface area contributed by atoms with Gasteiger partial charge in [0.1, 0.15) is 0 Å². The van der Waals surface area contributed by atoms with Crippen LogP contribution < -0.4 is 0 Å². The summed E-state index contributed by atoms with van der Waals surface area (Å²) in [5, 5.41) is 10.0. The largest absolute Gasteiger partial charge is 0.0622 e. The number of benzene rings is 11. The fourth-order valence-electron chi connectivity index (χ4n) is 9.23. The summed E-state index contributed by atoms with van der Waals surface area (Å²) in [6, 6.07) is 84.6. The van der Waals surface area contributed by atoms with Crippen LogP contribution in [-0.4, -0.2) is 0 Å². The first-order chi connectivity index (χ1) is 28.8. The van der Waals surface area contributed by atoms with E-state index in [1.165, 1.54) is 110 Å². The number of fused-ring (bicyclic) bond motifs is 4. The van der Waals surface area contributed by atoms with Gasteiger partial charge in [0.05, 0.1) is 0 Å². The zero-order valence-electron chi connectivity index (χ0n) is 31.9. The smallest absolute Gasteiger partial charge is 0.00261 e. The fraction of sp³-hybridized carbons (Fsp3) is 0. The molecule has 0 spiro atoms. The molecule has 0 fully saturated rings. The van der Waals surface area contributed by atoms with E-state index in [1.54, 1.807) is 0 Å². The van der Waals surface area contributed by atoms with Crippen molar-refractivity contribution in [3.63, 3.8) is 0 Å². The third-order valence-corrected chi connectivity index (χ3v) is 11.9. The zero-order valence-corrected chi connectivity index (χ0v) is 31.9. The van der Waals surface area contributed by atoms with Crippen LogP contribution in [0.25, 0.3) is 110 Å². The van der Waals surface area contributed by atoms with Gasteiger partial charge >= 0.3 is 0 Å². The van der Waals surface area contributed by atoms with Crippen molar-refractivity contribution < 1.29 is 0 Å². The van der Waals surface area contributed by atoms with Gasteiger partial charge in [0.15, 0.2) is 0 Å². The lowest BCUT2D eigenvalue weighted by atomic mass is 9.83. The predicted molar refractivity (Wildman–Crippen MR) is 249 cm³/mol. The second-order valence-corrected chi connectivity index (χ2v) is 15.1. The summed E-state index contributed by atoms with van der Waals surface area (Å²) >= 11 is 0. The van der Waals surface area contributed by atoms with Gasteiger partial charge in [-0.25, -0.2) is 0 Å². The quantitative estimate of drug-likeness (QED) is 0.149. The monoisotopic (exact) mass is 734 g/mol. The average Bonchev–Trinajstić information content (AvgIpc) is 3.30. The van der Waals surface area contributed by atoms with Crippen molar-refractivity contribution >= 4 is 43.1 Å². The maximum absolute atomic E-state index is 2.46. The van der Waals surface area contributed by atoms with Gasteiger partial charge in [-0.1, -0.05) is 224 Å². The van der Waals surface area contributed by atoms with Crippen molar-refractivity contribution in [2.24, 2.45) is 0 Å². The first-order valence-corrected chi connectivity index (χ1v) is 20.1. The summed E-state index contributed by atoms with van der Waals surface area (Å²) in [7, 11) is 0. The minimum absolute atomic E-state index is 1.20. The predicted octanol–water partition coefficient (Wildman–Crippen LogP) is 16.3. The molecule has 0 unspecified atom stereocenters. The lowest BCUT2D eigenvalue weighted by Crippen LogP contribution is -1.93. The lowest BCUT2D eigenvalue weighted by Gasteiger charge is -2.20. The van der Waals surface area contributed by atoms with Crippen molar-refractivity contribution in [2.75, 3.05) is 0 Å². The highest BCUT2D eigenvalue weighted by molar-refractivity contribution is 6.22. The highest BCUT2D eigenvalue weighted by atomic mass is 14.2. The Morgan fingerprint density at radius 3 is 1.24 bits per heavy atom. The van der Waals surface area contributed by atoms with Crippen LogP contribution in [0.2, 0.25) is 0 Å². The number of rotatable bonds is 6. The van der Waals surface area contributed by atoms with E-state index >= 15 is 0 Å². The second kappa shape index (κ2) is 14.2. The van der Waals surface area contributed by atoms with Gasteiger partial charge in [0.25, 0.3) is 0 Å². The average molecular weight is 735 g/mol. The van der Waals surface area contributed by atoms with Crippen LogP contribution in [-0.2, 0) is 0 Å². The Bertz CT molecular complexity index is 3240. The Morgan fingerprint density at radius 1 is 0.172 bits per heavy atom. The topological polar surface area (TPSA) is 0 Å². The maximum Gasteiger partial charge on any atom is -0.00261 e. The van der Waals surface area contributed by atoms with Gasteiger partial charge in [-0.05, 0) is 116 Å². The summed E-state index contributed by atoms with van der Waals surface area (Å²) < 4.78 is 0. The van der Waals surface area contributed by atoms with Crippen LogP contribution in [0.4, 0.5) is 0 Å². The van der Waals surface area contributed by atoms with E-state index in [-0.39, 0.29) is 0 Å². The Hall–Kier alpha value is -7.54. The van der Waals surface area contributed by atoms with Crippen molar-refractivity contribution in [1.82, 2.24) is 0 Å². The highest BCUT2D eigenvalue weighted by Gasteiger charge is 2.19. The maximum atomic E-state index is 2.46. The van der Waals surface area contributed by atoms with Crippen LogP contribution in [0.3, 0.4) is 0 Å². The van der Waals surface area contributed by atoms with Crippen molar-refractivity contribution in [1.29, 1.82) is 0 Å². The minimum Gasteiger partial charge on any atom is -0.0622 e. The third-order valence-electron chi connectivity index (χ3n) is 11.9. The number of hydrogen-bond donors (Lipinski definition) is 0. The van der Waals surface area contributed by atoms with Crippen molar-refractivity contribution in [2.45, 2.75) is 0 Å². The SMILES string of the molecule is c1ccc(-c2ccc(-c3ccccc3-c3ccc(-c4cccc5ccccc45)c4ccc(-c5c6ccccc6c(-c6ccccc6)c6ccccc56)cc34)cc2)cc1. The molecule has 11 rings (SSSR count). The van der Waals surface area contributed by atoms with E-state index in [1.807, 2.05) is 0 Å². The van der Waals surface area contributed by atoms with E-state index < -0.39 is 0 Å². The van der Waals surface area contributed by atoms with Crippen LogP contribution >= 0.6 is 0 Å². The van der Waals surface area contributed by atoms with Crippen LogP contribution in [0.5, 0.6) is 0 Å². The molecule has 0 bridgehead atoms. The Labute approximate surface area is 339 Å². The molecule has 0 radical (unpaired) electrons. The van der Waals surface area contributed by atoms with E-state index in [0.29, 0.717) is 0 Å². The summed E-state index contributed by atoms with van der Waals surface area (Å²) in [4.78, 5) is 0.